The van der Waals surface area contributed by atoms with Crippen LogP contribution in [0.5, 0.6) is 0 Å². The van der Waals surface area contributed by atoms with Gasteiger partial charge in [0.25, 0.3) is 0 Å². The lowest BCUT2D eigenvalue weighted by Gasteiger charge is -2.14. The van der Waals surface area contributed by atoms with Gasteiger partial charge >= 0.3 is 5.97 Å². The zero-order valence-corrected chi connectivity index (χ0v) is 8.93. The molecule has 0 N–H and O–H groups in total. The standard InChI is InChI=1S/C13H13NO2/c1-2-4-12(10-6-7-10)16-13(15)11-5-3-8-14-9-11/h1,3,5,8-10,12H,4,6-7H2/t12-/m1/s1. The molecule has 1 fully saturated rings. The number of pyridine rings is 1. The Kier molecular flexibility index (Phi) is 3.21. The van der Waals surface area contributed by atoms with Gasteiger partial charge in [0, 0.05) is 18.8 Å². The number of carbonyl (C=O) groups excluding carboxylic acids is 1. The van der Waals surface area contributed by atoms with Gasteiger partial charge in [0.2, 0.25) is 0 Å². The average Bonchev–Trinajstić information content (AvgIpc) is 3.13. The van der Waals surface area contributed by atoms with Crippen LogP contribution in [-0.2, 0) is 4.74 Å². The molecule has 1 atom stereocenters. The highest BCUT2D eigenvalue weighted by atomic mass is 16.5. The number of esters is 1. The van der Waals surface area contributed by atoms with Gasteiger partial charge in [-0.3, -0.25) is 4.98 Å². The quantitative estimate of drug-likeness (QED) is 0.570. The molecule has 82 valence electrons. The smallest absolute Gasteiger partial charge is 0.340 e. The largest absolute Gasteiger partial charge is 0.457 e. The van der Waals surface area contributed by atoms with E-state index in [1.165, 1.54) is 6.20 Å². The van der Waals surface area contributed by atoms with Crippen molar-refractivity contribution in [3.05, 3.63) is 30.1 Å². The zero-order valence-electron chi connectivity index (χ0n) is 8.93. The highest BCUT2D eigenvalue weighted by molar-refractivity contribution is 5.89. The van der Waals surface area contributed by atoms with Gasteiger partial charge in [-0.15, -0.1) is 12.3 Å². The fraction of sp³-hybridized carbons (Fsp3) is 0.385. The van der Waals surface area contributed by atoms with Gasteiger partial charge in [0.1, 0.15) is 6.10 Å². The van der Waals surface area contributed by atoms with Crippen LogP contribution in [0.3, 0.4) is 0 Å². The molecule has 3 heteroatoms. The fourth-order valence-electron chi connectivity index (χ4n) is 1.58. The van der Waals surface area contributed by atoms with E-state index in [0.29, 0.717) is 17.9 Å². The fourth-order valence-corrected chi connectivity index (χ4v) is 1.58. The number of hydrogen-bond donors (Lipinski definition) is 0. The lowest BCUT2D eigenvalue weighted by Crippen LogP contribution is -2.20. The molecular formula is C13H13NO2. The van der Waals surface area contributed by atoms with E-state index in [2.05, 4.69) is 10.9 Å². The van der Waals surface area contributed by atoms with Gasteiger partial charge in [-0.05, 0) is 30.9 Å². The molecule has 0 unspecified atom stereocenters. The SMILES string of the molecule is C#CC[C@@H](OC(=O)c1cccnc1)C1CC1. The average molecular weight is 215 g/mol. The van der Waals surface area contributed by atoms with Gasteiger partial charge in [-0.1, -0.05) is 0 Å². The Balaban J connectivity index is 1.98. The molecule has 16 heavy (non-hydrogen) atoms. The van der Waals surface area contributed by atoms with Crippen LogP contribution in [0.25, 0.3) is 0 Å². The summed E-state index contributed by atoms with van der Waals surface area (Å²) in [5.41, 5.74) is 0.477. The number of aromatic nitrogens is 1. The normalized spacial score (nSPS) is 16.2. The Morgan fingerprint density at radius 3 is 3.06 bits per heavy atom. The summed E-state index contributed by atoms with van der Waals surface area (Å²) in [4.78, 5) is 15.6. The maximum Gasteiger partial charge on any atom is 0.340 e. The predicted molar refractivity (Wildman–Crippen MR) is 59.6 cm³/mol. The lowest BCUT2D eigenvalue weighted by molar-refractivity contribution is 0.0260. The molecule has 2 rings (SSSR count). The second-order valence-corrected chi connectivity index (χ2v) is 3.93. The Labute approximate surface area is 94.8 Å². The molecule has 0 bridgehead atoms. The molecule has 0 amide bonds. The van der Waals surface area contributed by atoms with Crippen LogP contribution >= 0.6 is 0 Å². The summed E-state index contributed by atoms with van der Waals surface area (Å²) < 4.78 is 5.38. The number of ether oxygens (including phenoxy) is 1. The third kappa shape index (κ3) is 2.60. The number of rotatable bonds is 4. The van der Waals surface area contributed by atoms with E-state index in [-0.39, 0.29) is 12.1 Å². The van der Waals surface area contributed by atoms with Crippen LogP contribution < -0.4 is 0 Å². The molecule has 1 aliphatic carbocycles. The summed E-state index contributed by atoms with van der Waals surface area (Å²) >= 11 is 0. The molecule has 1 heterocycles. The van der Waals surface area contributed by atoms with Crippen LogP contribution in [0.15, 0.2) is 24.5 Å². The molecular weight excluding hydrogens is 202 g/mol. The van der Waals surface area contributed by atoms with Crippen LogP contribution in [-0.4, -0.2) is 17.1 Å². The minimum absolute atomic E-state index is 0.127. The van der Waals surface area contributed by atoms with E-state index in [9.17, 15) is 4.79 Å². The molecule has 1 aromatic heterocycles. The first-order valence-corrected chi connectivity index (χ1v) is 5.35. The minimum atomic E-state index is -0.333. The van der Waals surface area contributed by atoms with Crippen molar-refractivity contribution in [3.8, 4) is 12.3 Å². The van der Waals surface area contributed by atoms with Crippen LogP contribution in [0.1, 0.15) is 29.6 Å². The van der Waals surface area contributed by atoms with Crippen molar-refractivity contribution in [1.29, 1.82) is 0 Å². The molecule has 1 aliphatic rings. The summed E-state index contributed by atoms with van der Waals surface area (Å²) in [7, 11) is 0. The summed E-state index contributed by atoms with van der Waals surface area (Å²) in [6, 6.07) is 3.40. The Hall–Kier alpha value is -1.82. The number of carbonyl (C=O) groups is 1. The number of nitrogens with zero attached hydrogens (tertiary/aromatic N) is 1. The monoisotopic (exact) mass is 215 g/mol. The third-order valence-electron chi connectivity index (χ3n) is 2.62. The van der Waals surface area contributed by atoms with E-state index in [1.807, 2.05) is 0 Å². The first-order valence-electron chi connectivity index (χ1n) is 5.35. The summed E-state index contributed by atoms with van der Waals surface area (Å²) in [6.45, 7) is 0. The van der Waals surface area contributed by atoms with Gasteiger partial charge in [-0.2, -0.15) is 0 Å². The highest BCUT2D eigenvalue weighted by Gasteiger charge is 2.33. The van der Waals surface area contributed by atoms with Crippen molar-refractivity contribution in [2.45, 2.75) is 25.4 Å². The Morgan fingerprint density at radius 1 is 1.69 bits per heavy atom. The molecule has 0 radical (unpaired) electrons. The Morgan fingerprint density at radius 2 is 2.50 bits per heavy atom. The van der Waals surface area contributed by atoms with Gasteiger partial charge < -0.3 is 4.74 Å². The van der Waals surface area contributed by atoms with E-state index >= 15 is 0 Å². The Bertz CT molecular complexity index is 404. The topological polar surface area (TPSA) is 39.2 Å². The summed E-state index contributed by atoms with van der Waals surface area (Å²) in [6.07, 6.45) is 11.0. The van der Waals surface area contributed by atoms with Gasteiger partial charge in [-0.25, -0.2) is 4.79 Å². The number of terminal acetylenes is 1. The molecule has 0 saturated heterocycles. The summed E-state index contributed by atoms with van der Waals surface area (Å²) in [5, 5.41) is 0. The van der Waals surface area contributed by atoms with Crippen molar-refractivity contribution in [1.82, 2.24) is 4.98 Å². The predicted octanol–water partition coefficient (Wildman–Crippen LogP) is 2.04. The molecule has 3 nitrogen and oxygen atoms in total. The molecule has 0 aromatic carbocycles. The third-order valence-corrected chi connectivity index (χ3v) is 2.62. The maximum atomic E-state index is 11.7. The molecule has 0 aliphatic heterocycles. The van der Waals surface area contributed by atoms with Crippen LogP contribution in [0.4, 0.5) is 0 Å². The van der Waals surface area contributed by atoms with Crippen molar-refractivity contribution >= 4 is 5.97 Å². The van der Waals surface area contributed by atoms with E-state index < -0.39 is 0 Å². The second-order valence-electron chi connectivity index (χ2n) is 3.93. The van der Waals surface area contributed by atoms with Crippen molar-refractivity contribution in [2.24, 2.45) is 5.92 Å². The first-order chi connectivity index (χ1) is 7.81. The summed E-state index contributed by atoms with van der Waals surface area (Å²) in [5.74, 6) is 2.68. The van der Waals surface area contributed by atoms with E-state index in [0.717, 1.165) is 12.8 Å². The van der Waals surface area contributed by atoms with Crippen molar-refractivity contribution < 1.29 is 9.53 Å². The maximum absolute atomic E-state index is 11.7. The molecule has 0 spiro atoms. The first kappa shape index (κ1) is 10.7. The van der Waals surface area contributed by atoms with Crippen molar-refractivity contribution in [2.75, 3.05) is 0 Å². The van der Waals surface area contributed by atoms with Gasteiger partial charge in [0.15, 0.2) is 0 Å². The van der Waals surface area contributed by atoms with E-state index in [4.69, 9.17) is 11.2 Å². The highest BCUT2D eigenvalue weighted by Crippen LogP contribution is 2.36. The van der Waals surface area contributed by atoms with Crippen LogP contribution in [0.2, 0.25) is 0 Å². The van der Waals surface area contributed by atoms with Crippen molar-refractivity contribution in [3.63, 3.8) is 0 Å². The molecule has 1 saturated carbocycles. The second kappa shape index (κ2) is 4.80. The van der Waals surface area contributed by atoms with E-state index in [1.54, 1.807) is 18.3 Å². The van der Waals surface area contributed by atoms with Gasteiger partial charge in [0.05, 0.1) is 5.56 Å². The zero-order chi connectivity index (χ0) is 11.4. The lowest BCUT2D eigenvalue weighted by atomic mass is 10.1. The number of hydrogen-bond acceptors (Lipinski definition) is 3. The van der Waals surface area contributed by atoms with Crippen LogP contribution in [0, 0.1) is 18.3 Å². The molecule has 1 aromatic rings. The minimum Gasteiger partial charge on any atom is -0.457 e.